The predicted octanol–water partition coefficient (Wildman–Crippen LogP) is 7.33. The minimum absolute atomic E-state index is 0.422. The average molecular weight is 546 g/mol. The Hall–Kier alpha value is -1.22. The second-order valence-corrected chi connectivity index (χ2v) is 18.8. The molecule has 1 atom stereocenters. The summed E-state index contributed by atoms with van der Waals surface area (Å²) in [5.41, 5.74) is 0. The molecule has 1 unspecified atom stereocenters. The van der Waals surface area contributed by atoms with Crippen molar-refractivity contribution in [3.05, 3.63) is 91.0 Å². The molecule has 0 fully saturated rings. The molecule has 3 heteroatoms. The van der Waals surface area contributed by atoms with Crippen LogP contribution in [-0.2, 0) is 0 Å². The Morgan fingerprint density at radius 2 is 0.968 bits per heavy atom. The minimum atomic E-state index is -3.10. The van der Waals surface area contributed by atoms with E-state index in [-0.39, 0.29) is 0 Å². The number of aliphatic hydroxyl groups excluding tert-OH is 1. The van der Waals surface area contributed by atoms with Crippen LogP contribution in [0, 0.1) is 0 Å². The molecule has 0 amide bonds. The fourth-order valence-corrected chi connectivity index (χ4v) is 13.2. The van der Waals surface area contributed by atoms with Gasteiger partial charge in [-0.1, -0.05) is 0 Å². The molecule has 0 saturated carbocycles. The topological polar surface area (TPSA) is 20.2 Å². The molecular formula is C28H36IOP. The molecule has 3 aromatic carbocycles. The van der Waals surface area contributed by atoms with E-state index < -0.39 is 10.1 Å². The van der Waals surface area contributed by atoms with E-state index in [0.717, 1.165) is 12.8 Å². The van der Waals surface area contributed by atoms with Crippen molar-refractivity contribution in [3.63, 3.8) is 0 Å². The fraction of sp³-hybridized carbons (Fsp3) is 0.357. The summed E-state index contributed by atoms with van der Waals surface area (Å²) in [6.07, 6.45) is 9.63. The summed E-state index contributed by atoms with van der Waals surface area (Å²) >= 11 is 2.69. The van der Waals surface area contributed by atoms with Gasteiger partial charge >= 0.3 is 202 Å². The molecule has 0 aromatic heterocycles. The van der Waals surface area contributed by atoms with E-state index in [1.807, 2.05) is 0 Å². The van der Waals surface area contributed by atoms with Gasteiger partial charge in [-0.2, -0.15) is 0 Å². The monoisotopic (exact) mass is 546 g/mol. The molecule has 0 bridgehead atoms. The zero-order valence-corrected chi connectivity index (χ0v) is 21.7. The molecule has 0 aliphatic carbocycles. The Morgan fingerprint density at radius 1 is 0.613 bits per heavy atom. The first kappa shape index (κ1) is 24.4. The summed E-state index contributed by atoms with van der Waals surface area (Å²) < 4.78 is -3.10. The van der Waals surface area contributed by atoms with Gasteiger partial charge < -0.3 is 0 Å². The van der Waals surface area contributed by atoms with Gasteiger partial charge in [-0.05, 0) is 0 Å². The molecule has 0 aliphatic rings. The Kier molecular flexibility index (Phi) is 9.13. The first-order chi connectivity index (χ1) is 15.1. The van der Waals surface area contributed by atoms with Gasteiger partial charge in [0.05, 0.1) is 0 Å². The molecule has 31 heavy (non-hydrogen) atoms. The van der Waals surface area contributed by atoms with Crippen molar-refractivity contribution >= 4 is 42.2 Å². The predicted molar refractivity (Wildman–Crippen MR) is 148 cm³/mol. The number of benzene rings is 3. The quantitative estimate of drug-likeness (QED) is 0.143. The Morgan fingerprint density at radius 3 is 1.35 bits per heavy atom. The van der Waals surface area contributed by atoms with Crippen LogP contribution >= 0.6 is 26.3 Å². The number of hydrogen-bond acceptors (Lipinski definition) is 1. The van der Waals surface area contributed by atoms with E-state index in [1.54, 1.807) is 0 Å². The van der Waals surface area contributed by atoms with E-state index in [9.17, 15) is 5.11 Å². The Balaban J connectivity index is 2.00. The SMILES string of the molecule is CCCCCCCCCC(O)P(I)(c1ccccc1)(c1ccccc1)c1ccccc1. The van der Waals surface area contributed by atoms with E-state index in [2.05, 4.69) is 120 Å². The average Bonchev–Trinajstić information content (AvgIpc) is 2.84. The third kappa shape index (κ3) is 5.07. The van der Waals surface area contributed by atoms with Crippen molar-refractivity contribution in [2.24, 2.45) is 0 Å². The summed E-state index contributed by atoms with van der Waals surface area (Å²) in [4.78, 5) is 0. The molecule has 0 radical (unpaired) electrons. The van der Waals surface area contributed by atoms with Crippen LogP contribution in [0.1, 0.15) is 58.3 Å². The fourth-order valence-electron chi connectivity index (χ4n) is 4.65. The van der Waals surface area contributed by atoms with Crippen LogP contribution < -0.4 is 15.9 Å². The number of hydrogen-bond donors (Lipinski definition) is 1. The van der Waals surface area contributed by atoms with Crippen LogP contribution in [0.5, 0.6) is 0 Å². The molecule has 0 saturated heterocycles. The van der Waals surface area contributed by atoms with Crippen LogP contribution in [0.15, 0.2) is 91.0 Å². The van der Waals surface area contributed by atoms with Crippen molar-refractivity contribution in [1.29, 1.82) is 0 Å². The summed E-state index contributed by atoms with van der Waals surface area (Å²) in [6, 6.07) is 32.2. The van der Waals surface area contributed by atoms with Crippen molar-refractivity contribution in [2.75, 3.05) is 0 Å². The van der Waals surface area contributed by atoms with Crippen molar-refractivity contribution in [1.82, 2.24) is 0 Å². The third-order valence-electron chi connectivity index (χ3n) is 6.41. The third-order valence-corrected chi connectivity index (χ3v) is 18.7. The van der Waals surface area contributed by atoms with Gasteiger partial charge in [0, 0.05) is 0 Å². The van der Waals surface area contributed by atoms with Gasteiger partial charge in [0.25, 0.3) is 0 Å². The van der Waals surface area contributed by atoms with Crippen LogP contribution in [0.4, 0.5) is 0 Å². The van der Waals surface area contributed by atoms with Crippen molar-refractivity contribution in [2.45, 2.75) is 64.1 Å². The molecule has 3 aromatic rings. The number of unbranched alkanes of at least 4 members (excludes halogenated alkanes) is 6. The molecule has 0 heterocycles. The van der Waals surface area contributed by atoms with Crippen LogP contribution in [-0.4, -0.2) is 11.0 Å². The number of rotatable bonds is 12. The first-order valence-corrected chi connectivity index (χ1v) is 16.8. The molecule has 0 spiro atoms. The zero-order chi connectivity index (χ0) is 22.0. The zero-order valence-electron chi connectivity index (χ0n) is 18.7. The second-order valence-electron chi connectivity index (χ2n) is 8.47. The van der Waals surface area contributed by atoms with Crippen LogP contribution in [0.2, 0.25) is 0 Å². The maximum absolute atomic E-state index is 12.1. The van der Waals surface area contributed by atoms with Gasteiger partial charge in [-0.3, -0.25) is 0 Å². The Labute approximate surface area is 201 Å². The normalized spacial score (nSPS) is 14.0. The van der Waals surface area contributed by atoms with Gasteiger partial charge in [0.2, 0.25) is 0 Å². The van der Waals surface area contributed by atoms with Crippen molar-refractivity contribution < 1.29 is 5.11 Å². The summed E-state index contributed by atoms with van der Waals surface area (Å²) in [5, 5.41) is 15.8. The van der Waals surface area contributed by atoms with Crippen LogP contribution in [0.25, 0.3) is 0 Å². The standard InChI is InChI=1S/C28H36IOP/c1-2-3-4-5-6-7-17-24-28(30)31(29,25-18-11-8-12-19-25,26-20-13-9-14-21-26)27-22-15-10-16-23-27/h8-16,18-23,28,30H,2-7,17,24H2,1H3. The van der Waals surface area contributed by atoms with E-state index >= 15 is 0 Å². The summed E-state index contributed by atoms with van der Waals surface area (Å²) in [7, 11) is 0. The first-order valence-electron chi connectivity index (χ1n) is 11.7. The van der Waals surface area contributed by atoms with Crippen molar-refractivity contribution in [3.8, 4) is 0 Å². The molecule has 3 rings (SSSR count). The van der Waals surface area contributed by atoms with Gasteiger partial charge in [0.1, 0.15) is 0 Å². The summed E-state index contributed by atoms with van der Waals surface area (Å²) in [6.45, 7) is 2.26. The van der Waals surface area contributed by atoms with Gasteiger partial charge in [0.15, 0.2) is 0 Å². The van der Waals surface area contributed by atoms with E-state index in [0.29, 0.717) is 0 Å². The summed E-state index contributed by atoms with van der Waals surface area (Å²) in [5.74, 6) is -0.422. The number of halogens is 1. The molecule has 1 nitrogen and oxygen atoms in total. The number of aliphatic hydroxyl groups is 1. The maximum atomic E-state index is 12.1. The molecule has 1 N–H and O–H groups in total. The van der Waals surface area contributed by atoms with Gasteiger partial charge in [-0.25, -0.2) is 0 Å². The van der Waals surface area contributed by atoms with E-state index in [1.165, 1.54) is 54.4 Å². The molecule has 0 aliphatic heterocycles. The Bertz CT molecular complexity index is 799. The van der Waals surface area contributed by atoms with Crippen LogP contribution in [0.3, 0.4) is 0 Å². The second kappa shape index (κ2) is 11.6. The molecular weight excluding hydrogens is 510 g/mol. The van der Waals surface area contributed by atoms with Gasteiger partial charge in [-0.15, -0.1) is 0 Å². The molecule has 166 valence electrons. The van der Waals surface area contributed by atoms with E-state index in [4.69, 9.17) is 0 Å².